The largest absolute Gasteiger partial charge is 0.326 e. The molecule has 1 unspecified atom stereocenters. The van der Waals surface area contributed by atoms with Gasteiger partial charge < -0.3 is 5.73 Å². The SMILES string of the molecule is CNS(=N)(=O)c1ccc(CN)cc1. The fraction of sp³-hybridized carbons (Fsp3) is 0.250. The first-order valence-corrected chi connectivity index (χ1v) is 5.42. The molecule has 0 saturated heterocycles. The molecule has 0 heterocycles. The predicted molar refractivity (Wildman–Crippen MR) is 52.5 cm³/mol. The lowest BCUT2D eigenvalue weighted by molar-refractivity contribution is 0.668. The monoisotopic (exact) mass is 199 g/mol. The van der Waals surface area contributed by atoms with Gasteiger partial charge in [-0.1, -0.05) is 12.1 Å². The number of benzene rings is 1. The van der Waals surface area contributed by atoms with Crippen molar-refractivity contribution in [3.63, 3.8) is 0 Å². The van der Waals surface area contributed by atoms with Crippen LogP contribution >= 0.6 is 0 Å². The normalized spacial score (nSPS) is 15.2. The van der Waals surface area contributed by atoms with Gasteiger partial charge in [0.25, 0.3) is 0 Å². The molecule has 0 aliphatic heterocycles. The summed E-state index contributed by atoms with van der Waals surface area (Å²) in [6.45, 7) is 0.457. The van der Waals surface area contributed by atoms with E-state index < -0.39 is 9.92 Å². The maximum absolute atomic E-state index is 11.5. The average molecular weight is 199 g/mol. The van der Waals surface area contributed by atoms with Crippen molar-refractivity contribution in [1.29, 1.82) is 4.78 Å². The van der Waals surface area contributed by atoms with Gasteiger partial charge in [0.05, 0.1) is 4.90 Å². The zero-order chi connectivity index (χ0) is 9.90. The fourth-order valence-corrected chi connectivity index (χ4v) is 1.69. The highest BCUT2D eigenvalue weighted by Crippen LogP contribution is 2.09. The van der Waals surface area contributed by atoms with Crippen molar-refractivity contribution in [3.05, 3.63) is 29.8 Å². The van der Waals surface area contributed by atoms with Crippen molar-refractivity contribution in [2.45, 2.75) is 11.4 Å². The van der Waals surface area contributed by atoms with Crippen molar-refractivity contribution < 1.29 is 4.21 Å². The molecule has 0 bridgehead atoms. The summed E-state index contributed by atoms with van der Waals surface area (Å²) >= 11 is 0. The highest BCUT2D eigenvalue weighted by molar-refractivity contribution is 7.90. The van der Waals surface area contributed by atoms with E-state index in [9.17, 15) is 4.21 Å². The highest BCUT2D eigenvalue weighted by Gasteiger charge is 2.05. The van der Waals surface area contributed by atoms with Crippen LogP contribution in [0.3, 0.4) is 0 Å². The van der Waals surface area contributed by atoms with Crippen LogP contribution in [0, 0.1) is 4.78 Å². The van der Waals surface area contributed by atoms with Crippen LogP contribution in [0.1, 0.15) is 5.56 Å². The van der Waals surface area contributed by atoms with Gasteiger partial charge in [0.1, 0.15) is 9.92 Å². The van der Waals surface area contributed by atoms with Gasteiger partial charge in [-0.05, 0) is 24.7 Å². The lowest BCUT2D eigenvalue weighted by Crippen LogP contribution is -2.16. The maximum Gasteiger partial charge on any atom is 0.134 e. The molecule has 4 N–H and O–H groups in total. The van der Waals surface area contributed by atoms with Gasteiger partial charge >= 0.3 is 0 Å². The van der Waals surface area contributed by atoms with E-state index in [1.165, 1.54) is 7.05 Å². The Morgan fingerprint density at radius 3 is 2.38 bits per heavy atom. The molecule has 0 fully saturated rings. The quantitative estimate of drug-likeness (QED) is 0.669. The molecular weight excluding hydrogens is 186 g/mol. The summed E-state index contributed by atoms with van der Waals surface area (Å²) in [6.07, 6.45) is 0. The second-order valence-electron chi connectivity index (χ2n) is 2.61. The average Bonchev–Trinajstić information content (AvgIpc) is 2.18. The van der Waals surface area contributed by atoms with Gasteiger partial charge in [-0.15, -0.1) is 0 Å². The number of nitrogens with two attached hydrogens (primary N) is 1. The third-order valence-corrected chi connectivity index (χ3v) is 3.29. The molecule has 0 aliphatic rings. The van der Waals surface area contributed by atoms with E-state index >= 15 is 0 Å². The number of hydrogen-bond acceptors (Lipinski definition) is 3. The lowest BCUT2D eigenvalue weighted by atomic mass is 10.2. The minimum Gasteiger partial charge on any atom is -0.326 e. The molecule has 5 heteroatoms. The van der Waals surface area contributed by atoms with E-state index in [1.54, 1.807) is 24.3 Å². The number of rotatable bonds is 3. The van der Waals surface area contributed by atoms with E-state index in [0.29, 0.717) is 11.4 Å². The van der Waals surface area contributed by atoms with Crippen molar-refractivity contribution in [1.82, 2.24) is 4.72 Å². The molecule has 0 saturated carbocycles. The summed E-state index contributed by atoms with van der Waals surface area (Å²) in [6, 6.07) is 6.88. The minimum atomic E-state index is -2.81. The molecular formula is C8H13N3OS. The Hall–Kier alpha value is -0.910. The summed E-state index contributed by atoms with van der Waals surface area (Å²) in [5.41, 5.74) is 6.38. The lowest BCUT2D eigenvalue weighted by Gasteiger charge is -2.05. The first-order chi connectivity index (χ1) is 6.10. The van der Waals surface area contributed by atoms with Crippen LogP contribution in [0.5, 0.6) is 0 Å². The van der Waals surface area contributed by atoms with E-state index in [1.807, 2.05) is 0 Å². The summed E-state index contributed by atoms with van der Waals surface area (Å²) < 4.78 is 21.4. The zero-order valence-electron chi connectivity index (χ0n) is 7.41. The third-order valence-electron chi connectivity index (χ3n) is 1.78. The van der Waals surface area contributed by atoms with E-state index in [0.717, 1.165) is 5.56 Å². The molecule has 0 spiro atoms. The first-order valence-electron chi connectivity index (χ1n) is 3.86. The van der Waals surface area contributed by atoms with Gasteiger partial charge in [-0.2, -0.15) is 0 Å². The van der Waals surface area contributed by atoms with Crippen LogP contribution in [0.25, 0.3) is 0 Å². The molecule has 72 valence electrons. The van der Waals surface area contributed by atoms with E-state index in [-0.39, 0.29) is 0 Å². The molecule has 0 amide bonds. The molecule has 1 rings (SSSR count). The Labute approximate surface area is 78.3 Å². The van der Waals surface area contributed by atoms with Crippen LogP contribution in [0.4, 0.5) is 0 Å². The number of nitrogens with one attached hydrogen (secondary N) is 2. The zero-order valence-corrected chi connectivity index (χ0v) is 8.23. The number of hydrogen-bond donors (Lipinski definition) is 3. The van der Waals surface area contributed by atoms with E-state index in [2.05, 4.69) is 4.72 Å². The summed E-state index contributed by atoms with van der Waals surface area (Å²) in [5, 5.41) is 0. The Kier molecular flexibility index (Phi) is 3.02. The van der Waals surface area contributed by atoms with Gasteiger partial charge in [-0.25, -0.2) is 13.7 Å². The Bertz CT molecular complexity index is 369. The topological polar surface area (TPSA) is 79.0 Å². The van der Waals surface area contributed by atoms with Crippen molar-refractivity contribution in [2.75, 3.05) is 7.05 Å². The summed E-state index contributed by atoms with van der Waals surface area (Å²) in [5.74, 6) is 0. The van der Waals surface area contributed by atoms with Gasteiger partial charge in [0, 0.05) is 6.54 Å². The maximum atomic E-state index is 11.5. The Balaban J connectivity index is 3.06. The first kappa shape index (κ1) is 10.2. The van der Waals surface area contributed by atoms with Crippen molar-refractivity contribution >= 4 is 9.92 Å². The summed E-state index contributed by atoms with van der Waals surface area (Å²) in [4.78, 5) is 0.479. The minimum absolute atomic E-state index is 0.457. The van der Waals surface area contributed by atoms with Gasteiger partial charge in [0.2, 0.25) is 0 Å². The molecule has 13 heavy (non-hydrogen) atoms. The Morgan fingerprint density at radius 1 is 1.46 bits per heavy atom. The van der Waals surface area contributed by atoms with Crippen LogP contribution in [-0.4, -0.2) is 11.3 Å². The van der Waals surface area contributed by atoms with Crippen LogP contribution < -0.4 is 10.5 Å². The van der Waals surface area contributed by atoms with Crippen LogP contribution in [0.2, 0.25) is 0 Å². The fourth-order valence-electron chi connectivity index (χ4n) is 0.935. The standard InChI is InChI=1S/C8H13N3OS/c1-11-13(10,12)8-4-2-7(6-9)3-5-8/h2-5H,6,9H2,1H3,(H2,10,11,12). The molecule has 1 aromatic rings. The predicted octanol–water partition coefficient (Wildman–Crippen LogP) is 0.685. The molecule has 4 nitrogen and oxygen atoms in total. The molecule has 0 aromatic heterocycles. The third kappa shape index (κ3) is 2.27. The van der Waals surface area contributed by atoms with Crippen LogP contribution in [0.15, 0.2) is 29.2 Å². The molecule has 1 atom stereocenters. The van der Waals surface area contributed by atoms with Crippen molar-refractivity contribution in [2.24, 2.45) is 5.73 Å². The smallest absolute Gasteiger partial charge is 0.134 e. The second kappa shape index (κ2) is 3.87. The van der Waals surface area contributed by atoms with Gasteiger partial charge in [0.15, 0.2) is 0 Å². The molecule has 0 radical (unpaired) electrons. The second-order valence-corrected chi connectivity index (χ2v) is 4.60. The van der Waals surface area contributed by atoms with Crippen molar-refractivity contribution in [3.8, 4) is 0 Å². The summed E-state index contributed by atoms with van der Waals surface area (Å²) in [7, 11) is -1.31. The molecule has 1 aromatic carbocycles. The Morgan fingerprint density at radius 2 is 2.00 bits per heavy atom. The van der Waals surface area contributed by atoms with Crippen LogP contribution in [-0.2, 0) is 16.5 Å². The molecule has 0 aliphatic carbocycles. The highest BCUT2D eigenvalue weighted by atomic mass is 32.2. The van der Waals surface area contributed by atoms with Gasteiger partial charge in [-0.3, -0.25) is 0 Å². The van der Waals surface area contributed by atoms with E-state index in [4.69, 9.17) is 10.5 Å².